The molecule has 2 atom stereocenters. The Morgan fingerprint density at radius 3 is 2.16 bits per heavy atom. The van der Waals surface area contributed by atoms with Crippen LogP contribution in [0.3, 0.4) is 0 Å². The van der Waals surface area contributed by atoms with Gasteiger partial charge in [-0.2, -0.15) is 0 Å². The van der Waals surface area contributed by atoms with Gasteiger partial charge >= 0.3 is 5.97 Å². The number of hydrogen-bond acceptors (Lipinski definition) is 4. The molecule has 0 bridgehead atoms. The second-order valence-corrected chi connectivity index (χ2v) is 7.98. The van der Waals surface area contributed by atoms with Gasteiger partial charge in [0.1, 0.15) is 12.1 Å². The molecule has 0 saturated heterocycles. The minimum Gasteiger partial charge on any atom is -0.464 e. The number of carbonyl (C=O) groups is 3. The maximum atomic E-state index is 13.1. The lowest BCUT2D eigenvalue weighted by atomic mass is 10.0. The van der Waals surface area contributed by atoms with Crippen LogP contribution in [0.25, 0.3) is 0 Å². The minimum atomic E-state index is -0.834. The first-order valence-electron chi connectivity index (χ1n) is 10.7. The summed E-state index contributed by atoms with van der Waals surface area (Å²) in [5.74, 6) is -1.39. The van der Waals surface area contributed by atoms with Crippen molar-refractivity contribution < 1.29 is 19.1 Å². The van der Waals surface area contributed by atoms with Crippen molar-refractivity contribution in [1.29, 1.82) is 0 Å². The number of rotatable bonds is 10. The van der Waals surface area contributed by atoms with E-state index in [1.165, 1.54) is 0 Å². The highest BCUT2D eigenvalue weighted by Gasteiger charge is 2.30. The normalized spacial score (nSPS) is 12.7. The average Bonchev–Trinajstić information content (AvgIpc) is 2.76. The molecule has 166 valence electrons. The van der Waals surface area contributed by atoms with Crippen LogP contribution in [0.15, 0.2) is 54.6 Å². The lowest BCUT2D eigenvalue weighted by Crippen LogP contribution is -2.54. The zero-order valence-corrected chi connectivity index (χ0v) is 18.7. The molecule has 2 aromatic carbocycles. The van der Waals surface area contributed by atoms with Crippen LogP contribution in [0.5, 0.6) is 0 Å². The Morgan fingerprint density at radius 2 is 1.58 bits per heavy atom. The molecule has 2 N–H and O–H groups in total. The maximum absolute atomic E-state index is 13.1. The minimum absolute atomic E-state index is 0.168. The third-order valence-electron chi connectivity index (χ3n) is 4.88. The second kappa shape index (κ2) is 11.9. The third-order valence-corrected chi connectivity index (χ3v) is 4.88. The van der Waals surface area contributed by atoms with Crippen molar-refractivity contribution in [3.63, 3.8) is 0 Å². The molecule has 0 fully saturated rings. The van der Waals surface area contributed by atoms with Gasteiger partial charge < -0.3 is 15.4 Å². The van der Waals surface area contributed by atoms with Crippen LogP contribution in [0, 0.1) is 12.8 Å². The molecular formula is C25H32N2O4. The summed E-state index contributed by atoms with van der Waals surface area (Å²) < 4.78 is 5.29. The van der Waals surface area contributed by atoms with Gasteiger partial charge in [-0.15, -0.1) is 0 Å². The van der Waals surface area contributed by atoms with Crippen LogP contribution < -0.4 is 10.6 Å². The predicted octanol–water partition coefficient (Wildman–Crippen LogP) is 3.43. The summed E-state index contributed by atoms with van der Waals surface area (Å²) in [7, 11) is 0. The predicted molar refractivity (Wildman–Crippen MR) is 121 cm³/mol. The summed E-state index contributed by atoms with van der Waals surface area (Å²) in [6.07, 6.45) is 1.00. The van der Waals surface area contributed by atoms with Crippen molar-refractivity contribution in [3.05, 3.63) is 71.3 Å². The van der Waals surface area contributed by atoms with E-state index in [0.29, 0.717) is 18.4 Å². The van der Waals surface area contributed by atoms with Crippen molar-refractivity contribution in [3.8, 4) is 0 Å². The highest BCUT2D eigenvalue weighted by molar-refractivity contribution is 5.98. The van der Waals surface area contributed by atoms with Crippen LogP contribution >= 0.6 is 0 Å². The number of esters is 1. The van der Waals surface area contributed by atoms with Gasteiger partial charge in [0.05, 0.1) is 6.61 Å². The van der Waals surface area contributed by atoms with Gasteiger partial charge in [-0.05, 0) is 37.0 Å². The lowest BCUT2D eigenvalue weighted by molar-refractivity contribution is -0.148. The molecular weight excluding hydrogens is 392 g/mol. The van der Waals surface area contributed by atoms with Crippen molar-refractivity contribution in [2.45, 2.75) is 52.6 Å². The molecule has 2 amide bonds. The van der Waals surface area contributed by atoms with Gasteiger partial charge in [0.2, 0.25) is 5.91 Å². The first kappa shape index (κ1) is 24.1. The summed E-state index contributed by atoms with van der Waals surface area (Å²) in [6.45, 7) is 7.84. The highest BCUT2D eigenvalue weighted by Crippen LogP contribution is 2.10. The number of aryl methyl sites for hydroxylation is 1. The smallest absolute Gasteiger partial charge is 0.328 e. The van der Waals surface area contributed by atoms with Gasteiger partial charge in [0.25, 0.3) is 5.91 Å². The standard InChI is InChI=1S/C25H32N2O4/c1-5-15-31-25(30)21(16-19-9-7-6-8-10-19)26-24(29)22(17(2)3)27-23(28)20-13-11-18(4)12-14-20/h6-14,17,21-22H,5,15-16H2,1-4H3,(H,26,29)(H,27,28)/t21-,22+/m1/s1. The van der Waals surface area contributed by atoms with Crippen LogP contribution in [0.1, 0.15) is 48.7 Å². The molecule has 2 aromatic rings. The molecule has 6 heteroatoms. The van der Waals surface area contributed by atoms with E-state index in [0.717, 1.165) is 11.1 Å². The Labute approximate surface area is 184 Å². The van der Waals surface area contributed by atoms with Crippen molar-refractivity contribution in [1.82, 2.24) is 10.6 Å². The number of benzene rings is 2. The van der Waals surface area contributed by atoms with E-state index in [9.17, 15) is 14.4 Å². The summed E-state index contributed by atoms with van der Waals surface area (Å²) in [5.41, 5.74) is 2.43. The number of carbonyl (C=O) groups excluding carboxylic acids is 3. The van der Waals surface area contributed by atoms with E-state index in [-0.39, 0.29) is 18.4 Å². The summed E-state index contributed by atoms with van der Waals surface area (Å²) in [4.78, 5) is 38.3. The highest BCUT2D eigenvalue weighted by atomic mass is 16.5. The van der Waals surface area contributed by atoms with Gasteiger partial charge in [0, 0.05) is 12.0 Å². The molecule has 0 saturated carbocycles. The molecule has 0 spiro atoms. The number of ether oxygens (including phenoxy) is 1. The van der Waals surface area contributed by atoms with Gasteiger partial charge in [-0.1, -0.05) is 68.8 Å². The zero-order chi connectivity index (χ0) is 22.8. The molecule has 0 aliphatic heterocycles. The zero-order valence-electron chi connectivity index (χ0n) is 18.7. The topological polar surface area (TPSA) is 84.5 Å². The van der Waals surface area contributed by atoms with Crippen LogP contribution in [0.4, 0.5) is 0 Å². The van der Waals surface area contributed by atoms with Gasteiger partial charge in [-0.3, -0.25) is 9.59 Å². The van der Waals surface area contributed by atoms with E-state index in [1.807, 2.05) is 70.2 Å². The molecule has 0 aliphatic rings. The van der Waals surface area contributed by atoms with Crippen molar-refractivity contribution in [2.24, 2.45) is 5.92 Å². The largest absolute Gasteiger partial charge is 0.464 e. The number of nitrogens with one attached hydrogen (secondary N) is 2. The first-order chi connectivity index (χ1) is 14.8. The van der Waals surface area contributed by atoms with E-state index in [4.69, 9.17) is 4.74 Å². The molecule has 0 unspecified atom stereocenters. The Bertz CT molecular complexity index is 863. The van der Waals surface area contributed by atoms with E-state index in [1.54, 1.807) is 12.1 Å². The molecule has 0 aromatic heterocycles. The van der Waals surface area contributed by atoms with E-state index >= 15 is 0 Å². The number of amides is 2. The molecule has 2 rings (SSSR count). The monoisotopic (exact) mass is 424 g/mol. The van der Waals surface area contributed by atoms with Crippen molar-refractivity contribution >= 4 is 17.8 Å². The van der Waals surface area contributed by atoms with Gasteiger partial charge in [0.15, 0.2) is 0 Å². The quantitative estimate of drug-likeness (QED) is 0.573. The van der Waals surface area contributed by atoms with E-state index in [2.05, 4.69) is 10.6 Å². The number of hydrogen-bond donors (Lipinski definition) is 2. The van der Waals surface area contributed by atoms with Crippen LogP contribution in [-0.4, -0.2) is 36.5 Å². The molecule has 0 radical (unpaired) electrons. The van der Waals surface area contributed by atoms with Crippen LogP contribution in [0.2, 0.25) is 0 Å². The third kappa shape index (κ3) is 7.55. The Kier molecular flexibility index (Phi) is 9.25. The fraction of sp³-hybridized carbons (Fsp3) is 0.400. The fourth-order valence-electron chi connectivity index (χ4n) is 3.07. The van der Waals surface area contributed by atoms with Gasteiger partial charge in [-0.25, -0.2) is 4.79 Å². The SMILES string of the molecule is CCCOC(=O)[C@@H](Cc1ccccc1)NC(=O)[C@@H](NC(=O)c1ccc(C)cc1)C(C)C. The summed E-state index contributed by atoms with van der Waals surface area (Å²) in [5, 5.41) is 5.59. The van der Waals surface area contributed by atoms with Crippen LogP contribution in [-0.2, 0) is 20.7 Å². The summed E-state index contributed by atoms with van der Waals surface area (Å²) in [6, 6.07) is 15.0. The average molecular weight is 425 g/mol. The van der Waals surface area contributed by atoms with Crippen molar-refractivity contribution in [2.75, 3.05) is 6.61 Å². The fourth-order valence-corrected chi connectivity index (χ4v) is 3.07. The maximum Gasteiger partial charge on any atom is 0.328 e. The molecule has 31 heavy (non-hydrogen) atoms. The first-order valence-corrected chi connectivity index (χ1v) is 10.7. The Morgan fingerprint density at radius 1 is 0.935 bits per heavy atom. The molecule has 0 aliphatic carbocycles. The summed E-state index contributed by atoms with van der Waals surface area (Å²) >= 11 is 0. The Hall–Kier alpha value is -3.15. The molecule has 0 heterocycles. The lowest BCUT2D eigenvalue weighted by Gasteiger charge is -2.25. The Balaban J connectivity index is 2.13. The van der Waals surface area contributed by atoms with E-state index < -0.39 is 24.0 Å². The second-order valence-electron chi connectivity index (χ2n) is 7.98. The molecule has 6 nitrogen and oxygen atoms in total.